The number of H-pyrrole nitrogens is 1. The Hall–Kier alpha value is -1.48. The van der Waals surface area contributed by atoms with Crippen molar-refractivity contribution in [1.29, 1.82) is 0 Å². The maximum absolute atomic E-state index is 12.9. The minimum absolute atomic E-state index is 0.00704. The summed E-state index contributed by atoms with van der Waals surface area (Å²) in [4.78, 5) is 2.90. The molecule has 0 aliphatic carbocycles. The molecule has 0 unspecified atom stereocenters. The summed E-state index contributed by atoms with van der Waals surface area (Å²) in [5.41, 5.74) is 1.19. The van der Waals surface area contributed by atoms with Gasteiger partial charge in [-0.15, -0.1) is 0 Å². The Kier molecular flexibility index (Phi) is 2.17. The standard InChI is InChI=1S/C10H7ClFNO/c11-7-4-6(9-2-1-3-13-9)10(14)5-8(7)12/h1-5,13-14H. The van der Waals surface area contributed by atoms with Crippen LogP contribution in [-0.2, 0) is 0 Å². The summed E-state index contributed by atoms with van der Waals surface area (Å²) in [6.45, 7) is 0. The highest BCUT2D eigenvalue weighted by atomic mass is 35.5. The van der Waals surface area contributed by atoms with Crippen LogP contribution in [-0.4, -0.2) is 10.1 Å². The fraction of sp³-hybridized carbons (Fsp3) is 0. The van der Waals surface area contributed by atoms with E-state index < -0.39 is 5.82 Å². The minimum Gasteiger partial charge on any atom is -0.507 e. The Bertz CT molecular complexity index is 453. The minimum atomic E-state index is -0.625. The lowest BCUT2D eigenvalue weighted by atomic mass is 10.1. The molecule has 14 heavy (non-hydrogen) atoms. The number of benzene rings is 1. The normalized spacial score (nSPS) is 10.4. The molecule has 2 N–H and O–H groups in total. The van der Waals surface area contributed by atoms with Crippen LogP contribution in [0.5, 0.6) is 5.75 Å². The molecule has 0 saturated carbocycles. The number of hydrogen-bond acceptors (Lipinski definition) is 1. The largest absolute Gasteiger partial charge is 0.507 e. The van der Waals surface area contributed by atoms with Crippen molar-refractivity contribution in [3.8, 4) is 17.0 Å². The Balaban J connectivity index is 2.60. The van der Waals surface area contributed by atoms with Gasteiger partial charge in [-0.3, -0.25) is 0 Å². The molecule has 1 heterocycles. The van der Waals surface area contributed by atoms with Gasteiger partial charge in [0.25, 0.3) is 0 Å². The van der Waals surface area contributed by atoms with Crippen LogP contribution in [0.25, 0.3) is 11.3 Å². The van der Waals surface area contributed by atoms with Gasteiger partial charge in [-0.2, -0.15) is 0 Å². The van der Waals surface area contributed by atoms with Crippen molar-refractivity contribution in [1.82, 2.24) is 4.98 Å². The summed E-state index contributed by atoms with van der Waals surface area (Å²) in [6, 6.07) is 5.94. The molecule has 0 bridgehead atoms. The second-order valence-corrected chi connectivity index (χ2v) is 3.27. The third kappa shape index (κ3) is 1.46. The summed E-state index contributed by atoms with van der Waals surface area (Å²) >= 11 is 5.60. The third-order valence-electron chi connectivity index (χ3n) is 1.93. The highest BCUT2D eigenvalue weighted by Gasteiger charge is 2.09. The van der Waals surface area contributed by atoms with E-state index in [1.165, 1.54) is 6.07 Å². The van der Waals surface area contributed by atoms with Crippen molar-refractivity contribution in [3.05, 3.63) is 41.3 Å². The molecular weight excluding hydrogens is 205 g/mol. The van der Waals surface area contributed by atoms with Crippen molar-refractivity contribution >= 4 is 11.6 Å². The molecule has 0 aliphatic rings. The highest BCUT2D eigenvalue weighted by molar-refractivity contribution is 6.31. The Morgan fingerprint density at radius 1 is 1.36 bits per heavy atom. The van der Waals surface area contributed by atoms with E-state index in [-0.39, 0.29) is 10.8 Å². The zero-order valence-electron chi connectivity index (χ0n) is 7.09. The summed E-state index contributed by atoms with van der Waals surface area (Å²) in [7, 11) is 0. The maximum atomic E-state index is 12.9. The lowest BCUT2D eigenvalue weighted by Crippen LogP contribution is -1.82. The van der Waals surface area contributed by atoms with E-state index in [1.54, 1.807) is 18.3 Å². The van der Waals surface area contributed by atoms with Gasteiger partial charge < -0.3 is 10.1 Å². The molecule has 0 radical (unpaired) electrons. The van der Waals surface area contributed by atoms with Gasteiger partial charge >= 0.3 is 0 Å². The zero-order chi connectivity index (χ0) is 10.1. The van der Waals surface area contributed by atoms with Crippen molar-refractivity contribution in [2.45, 2.75) is 0 Å². The van der Waals surface area contributed by atoms with E-state index in [9.17, 15) is 9.50 Å². The molecule has 2 nitrogen and oxygen atoms in total. The summed E-state index contributed by atoms with van der Waals surface area (Å²) in [5, 5.41) is 9.46. The van der Waals surface area contributed by atoms with E-state index >= 15 is 0 Å². The van der Waals surface area contributed by atoms with Gasteiger partial charge in [0.1, 0.15) is 11.6 Å². The van der Waals surface area contributed by atoms with Crippen LogP contribution in [0.4, 0.5) is 4.39 Å². The SMILES string of the molecule is Oc1cc(F)c(Cl)cc1-c1ccc[nH]1. The van der Waals surface area contributed by atoms with Gasteiger partial charge in [-0.25, -0.2) is 4.39 Å². The van der Waals surface area contributed by atoms with Crippen molar-refractivity contribution in [2.75, 3.05) is 0 Å². The van der Waals surface area contributed by atoms with Crippen LogP contribution in [0.2, 0.25) is 5.02 Å². The Morgan fingerprint density at radius 2 is 2.14 bits per heavy atom. The first kappa shape index (κ1) is 9.09. The van der Waals surface area contributed by atoms with Crippen molar-refractivity contribution < 1.29 is 9.50 Å². The first-order valence-electron chi connectivity index (χ1n) is 4.00. The van der Waals surface area contributed by atoms with Crippen LogP contribution >= 0.6 is 11.6 Å². The molecular formula is C10H7ClFNO. The summed E-state index contributed by atoms with van der Waals surface area (Å²) < 4.78 is 12.9. The summed E-state index contributed by atoms with van der Waals surface area (Å²) in [6.07, 6.45) is 1.71. The predicted molar refractivity (Wildman–Crippen MR) is 52.9 cm³/mol. The molecule has 0 spiro atoms. The fourth-order valence-electron chi connectivity index (χ4n) is 1.25. The number of hydrogen-bond donors (Lipinski definition) is 2. The fourth-order valence-corrected chi connectivity index (χ4v) is 1.41. The van der Waals surface area contributed by atoms with Crippen molar-refractivity contribution in [3.63, 3.8) is 0 Å². The van der Waals surface area contributed by atoms with Gasteiger partial charge in [-0.1, -0.05) is 11.6 Å². The van der Waals surface area contributed by atoms with E-state index in [2.05, 4.69) is 4.98 Å². The first-order valence-corrected chi connectivity index (χ1v) is 4.38. The van der Waals surface area contributed by atoms with Crippen LogP contribution in [0.1, 0.15) is 0 Å². The number of halogens is 2. The van der Waals surface area contributed by atoms with Crippen LogP contribution < -0.4 is 0 Å². The molecule has 4 heteroatoms. The molecule has 0 atom stereocenters. The van der Waals surface area contributed by atoms with Gasteiger partial charge in [0.2, 0.25) is 0 Å². The van der Waals surface area contributed by atoms with Gasteiger partial charge in [0, 0.05) is 23.5 Å². The average molecular weight is 212 g/mol. The van der Waals surface area contributed by atoms with Gasteiger partial charge in [0.05, 0.1) is 5.02 Å². The number of aromatic hydroxyl groups is 1. The lowest BCUT2D eigenvalue weighted by Gasteiger charge is -2.03. The molecule has 2 rings (SSSR count). The Morgan fingerprint density at radius 3 is 2.79 bits per heavy atom. The third-order valence-corrected chi connectivity index (χ3v) is 2.22. The molecule has 1 aromatic carbocycles. The molecule has 0 aliphatic heterocycles. The number of rotatable bonds is 1. The van der Waals surface area contributed by atoms with E-state index in [1.807, 2.05) is 0 Å². The number of aromatic amines is 1. The summed E-state index contributed by atoms with van der Waals surface area (Å²) in [5.74, 6) is -0.756. The first-order chi connectivity index (χ1) is 6.68. The highest BCUT2D eigenvalue weighted by Crippen LogP contribution is 2.32. The van der Waals surface area contributed by atoms with Crippen molar-refractivity contribution in [2.24, 2.45) is 0 Å². The number of nitrogens with one attached hydrogen (secondary N) is 1. The van der Waals surface area contributed by atoms with E-state index in [4.69, 9.17) is 11.6 Å². The number of aromatic nitrogens is 1. The van der Waals surface area contributed by atoms with Gasteiger partial charge in [-0.05, 0) is 18.2 Å². The van der Waals surface area contributed by atoms with Crippen LogP contribution in [0.3, 0.4) is 0 Å². The monoisotopic (exact) mass is 211 g/mol. The second-order valence-electron chi connectivity index (χ2n) is 2.87. The second kappa shape index (κ2) is 3.35. The zero-order valence-corrected chi connectivity index (χ0v) is 7.85. The smallest absolute Gasteiger partial charge is 0.145 e. The van der Waals surface area contributed by atoms with Crippen LogP contribution in [0.15, 0.2) is 30.5 Å². The maximum Gasteiger partial charge on any atom is 0.145 e. The quantitative estimate of drug-likeness (QED) is 0.747. The molecule has 2 aromatic rings. The molecule has 0 saturated heterocycles. The molecule has 0 fully saturated rings. The number of phenolic OH excluding ortho intramolecular Hbond substituents is 1. The molecule has 0 amide bonds. The van der Waals surface area contributed by atoms with E-state index in [0.717, 1.165) is 6.07 Å². The van der Waals surface area contributed by atoms with Gasteiger partial charge in [0.15, 0.2) is 0 Å². The Labute approximate surface area is 85.0 Å². The predicted octanol–water partition coefficient (Wildman–Crippen LogP) is 3.18. The topological polar surface area (TPSA) is 36.0 Å². The number of phenols is 1. The lowest BCUT2D eigenvalue weighted by molar-refractivity contribution is 0.471. The molecule has 1 aromatic heterocycles. The van der Waals surface area contributed by atoms with Crippen LogP contribution in [0, 0.1) is 5.82 Å². The molecule has 72 valence electrons. The average Bonchev–Trinajstić information content (AvgIpc) is 2.64. The van der Waals surface area contributed by atoms with E-state index in [0.29, 0.717) is 11.3 Å².